The van der Waals surface area contributed by atoms with Gasteiger partial charge in [-0.2, -0.15) is 0 Å². The van der Waals surface area contributed by atoms with E-state index in [0.717, 1.165) is 6.07 Å². The lowest BCUT2D eigenvalue weighted by Gasteiger charge is -2.12. The average Bonchev–Trinajstić information content (AvgIpc) is 2.61. The normalized spacial score (nSPS) is 11.6. The molecule has 0 saturated carbocycles. The van der Waals surface area contributed by atoms with Crippen molar-refractivity contribution >= 4 is 17.4 Å². The predicted molar refractivity (Wildman–Crippen MR) is 90.2 cm³/mol. The number of ether oxygens (including phenoxy) is 1. The second-order valence-corrected chi connectivity index (χ2v) is 5.43. The number of methoxy groups -OCH3 is 1. The second kappa shape index (κ2) is 7.57. The number of hydrogen-bond donors (Lipinski definition) is 1. The molecule has 1 N–H and O–H groups in total. The van der Waals surface area contributed by atoms with E-state index in [9.17, 15) is 24.8 Å². The molecule has 1 atom stereocenters. The fourth-order valence-electron chi connectivity index (χ4n) is 2.53. The largest absolute Gasteiger partial charge is 0.497 e. The van der Waals surface area contributed by atoms with Crippen LogP contribution in [0.2, 0.25) is 0 Å². The van der Waals surface area contributed by atoms with Gasteiger partial charge in [-0.05, 0) is 42.3 Å². The Hall–Kier alpha value is -3.22. The lowest BCUT2D eigenvalue weighted by atomic mass is 9.92. The number of carbonyl (C=O) groups excluding carboxylic acids is 1. The summed E-state index contributed by atoms with van der Waals surface area (Å²) in [4.78, 5) is 34.5. The van der Waals surface area contributed by atoms with E-state index in [1.54, 1.807) is 31.2 Å². The molecule has 0 aliphatic rings. The van der Waals surface area contributed by atoms with Gasteiger partial charge in [-0.25, -0.2) is 0 Å². The summed E-state index contributed by atoms with van der Waals surface area (Å²) in [5.74, 6) is -1.85. The molecule has 0 spiro atoms. The highest BCUT2D eigenvalue weighted by atomic mass is 16.6. The zero-order chi connectivity index (χ0) is 18.6. The van der Waals surface area contributed by atoms with Crippen molar-refractivity contribution in [3.63, 3.8) is 0 Å². The number of aliphatic carboxylic acids is 1. The number of carboxylic acid groups (broad SMARTS) is 1. The fourth-order valence-corrected chi connectivity index (χ4v) is 2.53. The van der Waals surface area contributed by atoms with E-state index in [2.05, 4.69) is 0 Å². The summed E-state index contributed by atoms with van der Waals surface area (Å²) in [6.07, 6.45) is 0.257. The van der Waals surface area contributed by atoms with Crippen LogP contribution in [0.25, 0.3) is 0 Å². The number of nitrogens with zero attached hydrogens (tertiary/aromatic N) is 1. The zero-order valence-corrected chi connectivity index (χ0v) is 13.8. The van der Waals surface area contributed by atoms with Crippen LogP contribution in [-0.4, -0.2) is 28.9 Å². The number of non-ortho nitro benzene ring substituents is 1. The first kappa shape index (κ1) is 18.1. The molecule has 7 heteroatoms. The van der Waals surface area contributed by atoms with Crippen molar-refractivity contribution in [2.45, 2.75) is 19.3 Å². The molecule has 2 rings (SSSR count). The Morgan fingerprint density at radius 2 is 1.80 bits per heavy atom. The van der Waals surface area contributed by atoms with Gasteiger partial charge in [-0.3, -0.25) is 19.7 Å². The second-order valence-electron chi connectivity index (χ2n) is 5.43. The smallest absolute Gasteiger partial charge is 0.310 e. The maximum atomic E-state index is 12.6. The minimum absolute atomic E-state index is 0.0778. The van der Waals surface area contributed by atoms with Gasteiger partial charge in [-0.15, -0.1) is 0 Å². The Balaban J connectivity index is 2.51. The first-order valence-electron chi connectivity index (χ1n) is 7.58. The summed E-state index contributed by atoms with van der Waals surface area (Å²) in [7, 11) is 1.50. The lowest BCUT2D eigenvalue weighted by molar-refractivity contribution is -0.384. The third-order valence-corrected chi connectivity index (χ3v) is 3.87. The summed E-state index contributed by atoms with van der Waals surface area (Å²) >= 11 is 0. The third-order valence-electron chi connectivity index (χ3n) is 3.87. The van der Waals surface area contributed by atoms with Crippen LogP contribution in [0.4, 0.5) is 5.69 Å². The van der Waals surface area contributed by atoms with Gasteiger partial charge in [-0.1, -0.05) is 6.92 Å². The van der Waals surface area contributed by atoms with Crippen LogP contribution in [-0.2, 0) is 4.79 Å². The van der Waals surface area contributed by atoms with Gasteiger partial charge < -0.3 is 9.84 Å². The number of ketones is 1. The van der Waals surface area contributed by atoms with Gasteiger partial charge >= 0.3 is 5.97 Å². The van der Waals surface area contributed by atoms with Gasteiger partial charge in [0.1, 0.15) is 5.75 Å². The highest BCUT2D eigenvalue weighted by Crippen LogP contribution is 2.27. The number of nitro benzene ring substituents is 1. The van der Waals surface area contributed by atoms with Crippen molar-refractivity contribution in [3.8, 4) is 5.75 Å². The molecule has 2 aromatic carbocycles. The van der Waals surface area contributed by atoms with Crippen molar-refractivity contribution < 1.29 is 24.4 Å². The molecule has 0 heterocycles. The molecular weight excluding hydrogens is 326 g/mol. The van der Waals surface area contributed by atoms with Gasteiger partial charge in [0.25, 0.3) is 5.69 Å². The number of benzene rings is 2. The quantitative estimate of drug-likeness (QED) is 0.469. The van der Waals surface area contributed by atoms with Crippen LogP contribution in [0.15, 0.2) is 42.5 Å². The lowest BCUT2D eigenvalue weighted by Crippen LogP contribution is -2.12. The van der Waals surface area contributed by atoms with Crippen LogP contribution in [0.1, 0.15) is 40.7 Å². The number of hydrogen-bond acceptors (Lipinski definition) is 5. The SMILES string of the molecule is CCC(C(=O)O)c1cc(C(=O)c2ccc(OC)cc2)cc([N+](=O)[O-])c1. The maximum absolute atomic E-state index is 12.6. The summed E-state index contributed by atoms with van der Waals surface area (Å²) < 4.78 is 5.03. The van der Waals surface area contributed by atoms with E-state index in [4.69, 9.17) is 4.74 Å². The van der Waals surface area contributed by atoms with Gasteiger partial charge in [0.05, 0.1) is 18.0 Å². The standard InChI is InChI=1S/C18H17NO6/c1-3-16(18(21)22)12-8-13(10-14(9-12)19(23)24)17(20)11-4-6-15(25-2)7-5-11/h4-10,16H,3H2,1-2H3,(H,21,22). The minimum Gasteiger partial charge on any atom is -0.497 e. The van der Waals surface area contributed by atoms with E-state index in [-0.39, 0.29) is 23.2 Å². The average molecular weight is 343 g/mol. The van der Waals surface area contributed by atoms with Crippen LogP contribution in [0.3, 0.4) is 0 Å². The van der Waals surface area contributed by atoms with Crippen molar-refractivity contribution in [1.29, 1.82) is 0 Å². The molecule has 2 aromatic rings. The Morgan fingerprint density at radius 3 is 2.28 bits per heavy atom. The van der Waals surface area contributed by atoms with Crippen molar-refractivity contribution in [3.05, 3.63) is 69.3 Å². The number of nitro groups is 1. The molecule has 0 bridgehead atoms. The number of rotatable bonds is 7. The topological polar surface area (TPSA) is 107 Å². The highest BCUT2D eigenvalue weighted by molar-refractivity contribution is 6.09. The van der Waals surface area contributed by atoms with E-state index in [1.165, 1.54) is 19.2 Å². The fraction of sp³-hybridized carbons (Fsp3) is 0.222. The van der Waals surface area contributed by atoms with E-state index in [1.807, 2.05) is 0 Å². The monoisotopic (exact) mass is 343 g/mol. The highest BCUT2D eigenvalue weighted by Gasteiger charge is 2.23. The van der Waals surface area contributed by atoms with E-state index in [0.29, 0.717) is 11.3 Å². The molecule has 0 fully saturated rings. The number of carboxylic acids is 1. The molecule has 0 aliphatic heterocycles. The summed E-state index contributed by atoms with van der Waals surface area (Å²) in [5, 5.41) is 20.5. The zero-order valence-electron chi connectivity index (χ0n) is 13.8. The van der Waals surface area contributed by atoms with Gasteiger partial charge in [0.15, 0.2) is 5.78 Å². The molecule has 1 unspecified atom stereocenters. The van der Waals surface area contributed by atoms with Crippen LogP contribution < -0.4 is 4.74 Å². The van der Waals surface area contributed by atoms with Gasteiger partial charge in [0.2, 0.25) is 0 Å². The molecule has 130 valence electrons. The Morgan fingerprint density at radius 1 is 1.16 bits per heavy atom. The molecule has 0 aromatic heterocycles. The molecule has 0 saturated heterocycles. The molecule has 7 nitrogen and oxygen atoms in total. The minimum atomic E-state index is -1.09. The summed E-state index contributed by atoms with van der Waals surface area (Å²) in [6, 6.07) is 10.1. The first-order chi connectivity index (χ1) is 11.9. The first-order valence-corrected chi connectivity index (χ1v) is 7.58. The number of carbonyl (C=O) groups is 2. The maximum Gasteiger partial charge on any atom is 0.310 e. The third kappa shape index (κ3) is 4.00. The molecule has 0 amide bonds. The van der Waals surface area contributed by atoms with Crippen LogP contribution >= 0.6 is 0 Å². The molecule has 25 heavy (non-hydrogen) atoms. The van der Waals surface area contributed by atoms with Crippen molar-refractivity contribution in [1.82, 2.24) is 0 Å². The van der Waals surface area contributed by atoms with Crippen molar-refractivity contribution in [2.75, 3.05) is 7.11 Å². The summed E-state index contributed by atoms with van der Waals surface area (Å²) in [6.45, 7) is 1.67. The Kier molecular flexibility index (Phi) is 5.49. The molecular formula is C18H17NO6. The van der Waals surface area contributed by atoms with E-state index < -0.39 is 22.6 Å². The Labute approximate surface area is 144 Å². The molecule has 0 radical (unpaired) electrons. The van der Waals surface area contributed by atoms with Crippen LogP contribution in [0.5, 0.6) is 5.75 Å². The predicted octanol–water partition coefficient (Wildman–Crippen LogP) is 3.41. The molecule has 0 aliphatic carbocycles. The van der Waals surface area contributed by atoms with E-state index >= 15 is 0 Å². The van der Waals surface area contributed by atoms with Crippen LogP contribution in [0, 0.1) is 10.1 Å². The van der Waals surface area contributed by atoms with Gasteiger partial charge in [0, 0.05) is 23.3 Å². The Bertz CT molecular complexity index is 813. The van der Waals surface area contributed by atoms with Crippen molar-refractivity contribution in [2.24, 2.45) is 0 Å². The summed E-state index contributed by atoms with van der Waals surface area (Å²) in [5.41, 5.74) is 0.333.